The lowest BCUT2D eigenvalue weighted by atomic mass is 10.0. The Kier molecular flexibility index (Phi) is 15.8. The maximum Gasteiger partial charge on any atom is 0.330 e. The Morgan fingerprint density at radius 2 is 1.50 bits per heavy atom. The third-order valence-electron chi connectivity index (χ3n) is 5.56. The van der Waals surface area contributed by atoms with Gasteiger partial charge in [-0.15, -0.1) is 0 Å². The Bertz CT molecular complexity index is 562. The number of carbonyl (C=O) groups excluding carboxylic acids is 1. The van der Waals surface area contributed by atoms with Gasteiger partial charge in [0.25, 0.3) is 0 Å². The van der Waals surface area contributed by atoms with Gasteiger partial charge in [-0.25, -0.2) is 4.79 Å². The minimum atomic E-state index is -0.264. The highest BCUT2D eigenvalue weighted by Gasteiger charge is 2.08. The van der Waals surface area contributed by atoms with E-state index < -0.39 is 0 Å². The van der Waals surface area contributed by atoms with Crippen LogP contribution in [-0.4, -0.2) is 19.2 Å². The molecule has 0 bridgehead atoms. The van der Waals surface area contributed by atoms with E-state index in [-0.39, 0.29) is 5.97 Å². The highest BCUT2D eigenvalue weighted by molar-refractivity contribution is 5.87. The van der Waals surface area contributed by atoms with Crippen LogP contribution in [0.5, 0.6) is 5.75 Å². The van der Waals surface area contributed by atoms with E-state index in [2.05, 4.69) is 20.8 Å². The molecule has 3 heteroatoms. The summed E-state index contributed by atoms with van der Waals surface area (Å²) in [5.41, 5.74) is 0.976. The van der Waals surface area contributed by atoms with Crippen molar-refractivity contribution in [2.45, 2.75) is 97.8 Å². The molecular formula is C27H44O3. The molecule has 0 radical (unpaired) electrons. The van der Waals surface area contributed by atoms with Gasteiger partial charge in [0.2, 0.25) is 0 Å². The number of carbonyl (C=O) groups is 1. The van der Waals surface area contributed by atoms with E-state index in [0.717, 1.165) is 37.2 Å². The molecule has 0 amide bonds. The normalized spacial score (nSPS) is 12.2. The zero-order valence-electron chi connectivity index (χ0n) is 19.7. The molecule has 0 aliphatic carbocycles. The summed E-state index contributed by atoms with van der Waals surface area (Å²) in [6, 6.07) is 7.88. The average molecular weight is 417 g/mol. The first-order valence-corrected chi connectivity index (χ1v) is 12.3. The molecule has 0 spiro atoms. The van der Waals surface area contributed by atoms with Crippen LogP contribution < -0.4 is 4.74 Å². The van der Waals surface area contributed by atoms with Gasteiger partial charge in [-0.05, 0) is 42.5 Å². The zero-order chi connectivity index (χ0) is 21.9. The maximum absolute atomic E-state index is 11.9. The molecule has 1 aromatic carbocycles. The van der Waals surface area contributed by atoms with E-state index in [1.54, 1.807) is 6.08 Å². The third-order valence-corrected chi connectivity index (χ3v) is 5.56. The van der Waals surface area contributed by atoms with Crippen molar-refractivity contribution in [3.8, 4) is 5.75 Å². The Labute approximate surface area is 185 Å². The van der Waals surface area contributed by atoms with Gasteiger partial charge >= 0.3 is 5.97 Å². The van der Waals surface area contributed by atoms with Gasteiger partial charge in [0.15, 0.2) is 0 Å². The lowest BCUT2D eigenvalue weighted by Gasteiger charge is -2.13. The van der Waals surface area contributed by atoms with Crippen LogP contribution >= 0.6 is 0 Å². The molecule has 0 aliphatic heterocycles. The number of hydrogen-bond acceptors (Lipinski definition) is 3. The molecule has 1 atom stereocenters. The SMILES string of the molecule is CCCCCCCCCCOc1ccc(C=CC(=O)OCC(CC)CCCC)cc1. The van der Waals surface area contributed by atoms with Gasteiger partial charge in [-0.3, -0.25) is 0 Å². The van der Waals surface area contributed by atoms with Gasteiger partial charge in [-0.1, -0.05) is 97.1 Å². The van der Waals surface area contributed by atoms with Crippen LogP contribution in [0.2, 0.25) is 0 Å². The minimum absolute atomic E-state index is 0.264. The molecule has 1 unspecified atom stereocenters. The number of benzene rings is 1. The number of rotatable bonds is 18. The number of unbranched alkanes of at least 4 members (excludes halogenated alkanes) is 8. The predicted octanol–water partition coefficient (Wildman–Crippen LogP) is 7.98. The zero-order valence-corrected chi connectivity index (χ0v) is 19.7. The van der Waals surface area contributed by atoms with Crippen LogP contribution in [0.4, 0.5) is 0 Å². The molecule has 0 N–H and O–H groups in total. The highest BCUT2D eigenvalue weighted by atomic mass is 16.5. The molecule has 0 aliphatic rings. The second kappa shape index (κ2) is 18.0. The summed E-state index contributed by atoms with van der Waals surface area (Å²) in [6.45, 7) is 7.89. The second-order valence-electron chi connectivity index (χ2n) is 8.27. The van der Waals surface area contributed by atoms with Crippen LogP contribution in [0.3, 0.4) is 0 Å². The van der Waals surface area contributed by atoms with Gasteiger partial charge in [0.1, 0.15) is 5.75 Å². The quantitative estimate of drug-likeness (QED) is 0.138. The van der Waals surface area contributed by atoms with Crippen molar-refractivity contribution in [1.82, 2.24) is 0 Å². The van der Waals surface area contributed by atoms with Gasteiger partial charge in [0.05, 0.1) is 13.2 Å². The lowest BCUT2D eigenvalue weighted by Crippen LogP contribution is -2.12. The lowest BCUT2D eigenvalue weighted by molar-refractivity contribution is -0.139. The van der Waals surface area contributed by atoms with Gasteiger partial charge < -0.3 is 9.47 Å². The van der Waals surface area contributed by atoms with Crippen LogP contribution in [0.15, 0.2) is 30.3 Å². The van der Waals surface area contributed by atoms with Crippen LogP contribution in [0, 0.1) is 5.92 Å². The first-order chi connectivity index (χ1) is 14.7. The molecule has 1 aromatic rings. The fraction of sp³-hybridized carbons (Fsp3) is 0.667. The van der Waals surface area contributed by atoms with Gasteiger partial charge in [-0.2, -0.15) is 0 Å². The average Bonchev–Trinajstić information content (AvgIpc) is 2.77. The van der Waals surface area contributed by atoms with Crippen molar-refractivity contribution in [3.63, 3.8) is 0 Å². The molecule has 0 saturated heterocycles. The first kappa shape index (κ1) is 26.3. The largest absolute Gasteiger partial charge is 0.494 e. The van der Waals surface area contributed by atoms with Crippen LogP contribution in [-0.2, 0) is 9.53 Å². The molecule has 30 heavy (non-hydrogen) atoms. The Morgan fingerprint density at radius 3 is 2.13 bits per heavy atom. The molecule has 0 heterocycles. The van der Waals surface area contributed by atoms with E-state index in [4.69, 9.17) is 9.47 Å². The smallest absolute Gasteiger partial charge is 0.330 e. The molecule has 0 aromatic heterocycles. The van der Waals surface area contributed by atoms with Crippen molar-refractivity contribution >= 4 is 12.0 Å². The van der Waals surface area contributed by atoms with Crippen LogP contribution in [0.25, 0.3) is 6.08 Å². The van der Waals surface area contributed by atoms with Crippen molar-refractivity contribution in [1.29, 1.82) is 0 Å². The topological polar surface area (TPSA) is 35.5 Å². The van der Waals surface area contributed by atoms with E-state index in [0.29, 0.717) is 12.5 Å². The van der Waals surface area contributed by atoms with Crippen LogP contribution in [0.1, 0.15) is 103 Å². The minimum Gasteiger partial charge on any atom is -0.494 e. The molecule has 3 nitrogen and oxygen atoms in total. The summed E-state index contributed by atoms with van der Waals surface area (Å²) in [7, 11) is 0. The van der Waals surface area contributed by atoms with E-state index >= 15 is 0 Å². The molecular weight excluding hydrogens is 372 g/mol. The van der Waals surface area contributed by atoms with Crippen molar-refractivity contribution in [2.75, 3.05) is 13.2 Å². The monoisotopic (exact) mass is 416 g/mol. The maximum atomic E-state index is 11.9. The molecule has 170 valence electrons. The standard InChI is InChI=1S/C27H44O3/c1-4-7-9-10-11-12-13-14-22-29-26-19-16-25(17-20-26)18-21-27(28)30-23-24(6-3)15-8-5-2/h16-21,24H,4-15,22-23H2,1-3H3. The van der Waals surface area contributed by atoms with E-state index in [1.165, 1.54) is 63.9 Å². The Hall–Kier alpha value is -1.77. The molecule has 0 saturated carbocycles. The van der Waals surface area contributed by atoms with E-state index in [1.807, 2.05) is 24.3 Å². The second-order valence-corrected chi connectivity index (χ2v) is 8.27. The Balaban J connectivity index is 2.20. The third kappa shape index (κ3) is 13.5. The van der Waals surface area contributed by atoms with Crippen molar-refractivity contribution in [2.24, 2.45) is 5.92 Å². The van der Waals surface area contributed by atoms with Crippen molar-refractivity contribution in [3.05, 3.63) is 35.9 Å². The fourth-order valence-electron chi connectivity index (χ4n) is 3.41. The summed E-state index contributed by atoms with van der Waals surface area (Å²) in [6.07, 6.45) is 18.3. The summed E-state index contributed by atoms with van der Waals surface area (Å²) in [4.78, 5) is 11.9. The number of ether oxygens (including phenoxy) is 2. The Morgan fingerprint density at radius 1 is 0.867 bits per heavy atom. The summed E-state index contributed by atoms with van der Waals surface area (Å²) >= 11 is 0. The van der Waals surface area contributed by atoms with E-state index in [9.17, 15) is 4.79 Å². The highest BCUT2D eigenvalue weighted by Crippen LogP contribution is 2.15. The summed E-state index contributed by atoms with van der Waals surface area (Å²) in [5, 5.41) is 0. The number of hydrogen-bond donors (Lipinski definition) is 0. The molecule has 1 rings (SSSR count). The predicted molar refractivity (Wildman–Crippen MR) is 128 cm³/mol. The molecule has 0 fully saturated rings. The summed E-state index contributed by atoms with van der Waals surface area (Å²) in [5.74, 6) is 1.10. The first-order valence-electron chi connectivity index (χ1n) is 12.3. The summed E-state index contributed by atoms with van der Waals surface area (Å²) < 4.78 is 11.2. The number of esters is 1. The van der Waals surface area contributed by atoms with Gasteiger partial charge in [0, 0.05) is 6.08 Å². The van der Waals surface area contributed by atoms with Crippen molar-refractivity contribution < 1.29 is 14.3 Å². The fourth-order valence-corrected chi connectivity index (χ4v) is 3.41.